The number of amidine groups is 1. The van der Waals surface area contributed by atoms with Gasteiger partial charge in [0.2, 0.25) is 5.76 Å². The lowest BCUT2D eigenvalue weighted by molar-refractivity contribution is -0.280. The highest BCUT2D eigenvalue weighted by atomic mass is 31.2. The molecule has 0 radical (unpaired) electrons. The van der Waals surface area contributed by atoms with Crippen molar-refractivity contribution in [3.8, 4) is 0 Å². The molecule has 116 valence electrons. The minimum Gasteiger partial charge on any atom is -0.394 e. The van der Waals surface area contributed by atoms with Gasteiger partial charge in [0, 0.05) is 0 Å². The molecule has 0 saturated carbocycles. The van der Waals surface area contributed by atoms with Crippen molar-refractivity contribution in [2.24, 2.45) is 10.7 Å². The van der Waals surface area contributed by atoms with Gasteiger partial charge in [0.25, 0.3) is 5.88 Å². The van der Waals surface area contributed by atoms with Crippen molar-refractivity contribution in [2.75, 3.05) is 13.3 Å². The number of rotatable bonds is 1. The number of hydrogen-bond donors (Lipinski definition) is 3. The molecule has 4 bridgehead atoms. The maximum Gasteiger partial charge on any atom is 0.617 e. The summed E-state index contributed by atoms with van der Waals surface area (Å²) in [6.07, 6.45) is -4.03. The van der Waals surface area contributed by atoms with Gasteiger partial charge in [0.05, 0.1) is 6.61 Å². The van der Waals surface area contributed by atoms with Crippen molar-refractivity contribution in [2.45, 2.75) is 24.5 Å². The van der Waals surface area contributed by atoms with Crippen LogP contribution in [0, 0.1) is 0 Å². The molecule has 2 saturated heterocycles. The van der Waals surface area contributed by atoms with Crippen LogP contribution in [0.3, 0.4) is 0 Å². The first-order chi connectivity index (χ1) is 10.0. The molecule has 0 spiro atoms. The summed E-state index contributed by atoms with van der Waals surface area (Å²) in [5.74, 6) is -0.0708. The molecule has 5 atom stereocenters. The van der Waals surface area contributed by atoms with E-state index in [9.17, 15) is 14.8 Å². The fourth-order valence-electron chi connectivity index (χ4n) is 2.52. The molecule has 12 heteroatoms. The van der Waals surface area contributed by atoms with Crippen LogP contribution in [-0.4, -0.2) is 58.8 Å². The van der Waals surface area contributed by atoms with E-state index in [0.29, 0.717) is 0 Å². The molecule has 21 heavy (non-hydrogen) atoms. The van der Waals surface area contributed by atoms with Gasteiger partial charge in [-0.1, -0.05) is 0 Å². The maximum absolute atomic E-state index is 12.3. The molecule has 2 unspecified atom stereocenters. The van der Waals surface area contributed by atoms with Crippen molar-refractivity contribution in [3.05, 3.63) is 11.6 Å². The van der Waals surface area contributed by atoms with E-state index >= 15 is 0 Å². The van der Waals surface area contributed by atoms with Gasteiger partial charge < -0.3 is 29.7 Å². The Hall–Kier alpha value is -1.36. The van der Waals surface area contributed by atoms with Crippen LogP contribution in [0.4, 0.5) is 0 Å². The standard InChI is InChI=1S/C9H12N3O8P/c10-7-6-9-12(2-11-7)8-4(14)5(3(1-13)16-8)17-20-21(15,18-6)19-9/h3-5,8,13-14H,1-2H2,(H2,10,11)/t3-,4-,5-,8?,21?/m1/s1. The Morgan fingerprint density at radius 3 is 3.05 bits per heavy atom. The van der Waals surface area contributed by atoms with E-state index in [1.165, 1.54) is 4.90 Å². The van der Waals surface area contributed by atoms with E-state index in [0.717, 1.165) is 0 Å². The lowest BCUT2D eigenvalue weighted by Crippen LogP contribution is -2.46. The lowest BCUT2D eigenvalue weighted by Gasteiger charge is -2.31. The average molecular weight is 321 g/mol. The summed E-state index contributed by atoms with van der Waals surface area (Å²) >= 11 is 0. The van der Waals surface area contributed by atoms with Crippen molar-refractivity contribution in [3.63, 3.8) is 0 Å². The number of nitrogens with two attached hydrogens (primary N) is 1. The SMILES string of the molecule is NC1=NCN2C3=C1OP(=O)(OO[C@@H]1[C@@H](CO)OC2[C@@H]1O)O3. The minimum absolute atomic E-state index is 0.000617. The first kappa shape index (κ1) is 13.3. The predicted molar refractivity (Wildman–Crippen MR) is 62.8 cm³/mol. The van der Waals surface area contributed by atoms with Crippen LogP contribution in [0.5, 0.6) is 0 Å². The van der Waals surface area contributed by atoms with Gasteiger partial charge in [-0.2, -0.15) is 0 Å². The van der Waals surface area contributed by atoms with Gasteiger partial charge in [0.1, 0.15) is 18.9 Å². The van der Waals surface area contributed by atoms with E-state index in [-0.39, 0.29) is 24.1 Å². The van der Waals surface area contributed by atoms with Crippen LogP contribution in [0.1, 0.15) is 0 Å². The summed E-state index contributed by atoms with van der Waals surface area (Å²) in [4.78, 5) is 10.3. The van der Waals surface area contributed by atoms with Gasteiger partial charge in [-0.25, -0.2) is 14.4 Å². The number of phosphoric acid groups is 1. The molecule has 0 amide bonds. The number of phosphoric ester groups is 1. The zero-order valence-corrected chi connectivity index (χ0v) is 11.4. The molecule has 11 nitrogen and oxygen atoms in total. The monoisotopic (exact) mass is 321 g/mol. The molecule has 4 rings (SSSR count). The fraction of sp³-hybridized carbons (Fsp3) is 0.667. The van der Waals surface area contributed by atoms with Crippen LogP contribution in [0.25, 0.3) is 0 Å². The summed E-state index contributed by atoms with van der Waals surface area (Å²) in [5.41, 5.74) is 5.66. The van der Waals surface area contributed by atoms with Crippen LogP contribution in [-0.2, 0) is 27.9 Å². The molecule has 4 heterocycles. The second-order valence-corrected chi connectivity index (χ2v) is 6.20. The quantitative estimate of drug-likeness (QED) is 0.379. The molecule has 0 aromatic carbocycles. The maximum atomic E-state index is 12.3. The molecule has 4 aliphatic rings. The lowest BCUT2D eigenvalue weighted by atomic mass is 10.1. The third kappa shape index (κ3) is 1.79. The Kier molecular flexibility index (Phi) is 2.74. The Labute approximate surface area is 118 Å². The smallest absolute Gasteiger partial charge is 0.394 e. The number of fused-ring (bicyclic) bond motifs is 4. The van der Waals surface area contributed by atoms with E-state index in [1.54, 1.807) is 0 Å². The largest absolute Gasteiger partial charge is 0.617 e. The molecule has 0 aromatic heterocycles. The Balaban J connectivity index is 1.79. The molecule has 2 fully saturated rings. The Morgan fingerprint density at radius 1 is 1.48 bits per heavy atom. The fourth-order valence-corrected chi connectivity index (χ4v) is 3.61. The zero-order valence-electron chi connectivity index (χ0n) is 10.5. The van der Waals surface area contributed by atoms with Crippen LogP contribution in [0.2, 0.25) is 0 Å². The topological polar surface area (TPSA) is 145 Å². The van der Waals surface area contributed by atoms with Crippen molar-refractivity contribution >= 4 is 13.7 Å². The number of aliphatic hydroxyl groups excluding tert-OH is 2. The number of hydrogen-bond acceptors (Lipinski definition) is 11. The van der Waals surface area contributed by atoms with E-state index in [4.69, 9.17) is 29.1 Å². The second kappa shape index (κ2) is 4.32. The van der Waals surface area contributed by atoms with Crippen molar-refractivity contribution in [1.29, 1.82) is 0 Å². The first-order valence-corrected chi connectivity index (χ1v) is 7.58. The van der Waals surface area contributed by atoms with Crippen molar-refractivity contribution < 1.29 is 38.1 Å². The zero-order chi connectivity index (χ0) is 14.8. The number of aliphatic hydroxyl groups is 2. The summed E-state index contributed by atoms with van der Waals surface area (Å²) in [6, 6.07) is 0. The van der Waals surface area contributed by atoms with E-state index in [1.807, 2.05) is 0 Å². The van der Waals surface area contributed by atoms with Crippen LogP contribution >= 0.6 is 7.82 Å². The number of ether oxygens (including phenoxy) is 1. The second-order valence-electron chi connectivity index (χ2n) is 4.79. The minimum atomic E-state index is -4.07. The van der Waals surface area contributed by atoms with Crippen LogP contribution in [0.15, 0.2) is 16.6 Å². The highest BCUT2D eigenvalue weighted by molar-refractivity contribution is 7.48. The molecule has 4 N–H and O–H groups in total. The molecular formula is C9H12N3O8P. The van der Waals surface area contributed by atoms with Gasteiger partial charge in [-0.3, -0.25) is 4.90 Å². The molecule has 0 aromatic rings. The molecule has 0 aliphatic carbocycles. The predicted octanol–water partition coefficient (Wildman–Crippen LogP) is -1.65. The van der Waals surface area contributed by atoms with Gasteiger partial charge in [-0.15, -0.1) is 4.67 Å². The van der Waals surface area contributed by atoms with Gasteiger partial charge in [-0.05, 0) is 0 Å². The summed E-state index contributed by atoms with van der Waals surface area (Å²) < 4.78 is 32.7. The van der Waals surface area contributed by atoms with Gasteiger partial charge >= 0.3 is 7.82 Å². The highest BCUT2D eigenvalue weighted by Gasteiger charge is 2.57. The Bertz CT molecular complexity index is 594. The summed E-state index contributed by atoms with van der Waals surface area (Å²) in [5, 5.41) is 19.5. The van der Waals surface area contributed by atoms with Gasteiger partial charge in [0.15, 0.2) is 18.2 Å². The highest BCUT2D eigenvalue weighted by Crippen LogP contribution is 2.61. The van der Waals surface area contributed by atoms with E-state index in [2.05, 4.69) is 4.99 Å². The normalized spacial score (nSPS) is 44.5. The van der Waals surface area contributed by atoms with Crippen LogP contribution < -0.4 is 5.73 Å². The van der Waals surface area contributed by atoms with E-state index < -0.39 is 39.0 Å². The average Bonchev–Trinajstić information content (AvgIpc) is 2.97. The summed E-state index contributed by atoms with van der Waals surface area (Å²) in [7, 11) is -4.07. The third-order valence-electron chi connectivity index (χ3n) is 3.52. The molecular weight excluding hydrogens is 309 g/mol. The van der Waals surface area contributed by atoms with Crippen molar-refractivity contribution in [1.82, 2.24) is 4.90 Å². The summed E-state index contributed by atoms with van der Waals surface area (Å²) in [6.45, 7) is -0.417. The molecule has 4 aliphatic heterocycles. The number of nitrogens with zero attached hydrogens (tertiary/aromatic N) is 2. The first-order valence-electron chi connectivity index (χ1n) is 6.12. The Morgan fingerprint density at radius 2 is 2.29 bits per heavy atom. The third-order valence-corrected chi connectivity index (χ3v) is 4.60. The number of aliphatic imine (C=N–C) groups is 1.